The molecule has 0 radical (unpaired) electrons. The molecule has 0 atom stereocenters. The third-order valence-corrected chi connectivity index (χ3v) is 7.97. The summed E-state index contributed by atoms with van der Waals surface area (Å²) in [6.07, 6.45) is 5.43. The number of nitrogens with zero attached hydrogens (tertiary/aromatic N) is 1. The number of fused-ring (bicyclic) bond motifs is 1. The van der Waals surface area contributed by atoms with Gasteiger partial charge in [-0.15, -0.1) is 0 Å². The molecule has 0 bridgehead atoms. The average Bonchev–Trinajstić information content (AvgIpc) is 2.88. The summed E-state index contributed by atoms with van der Waals surface area (Å²) < 4.78 is 6.28. The Morgan fingerprint density at radius 2 is 1.83 bits per heavy atom. The van der Waals surface area contributed by atoms with Crippen molar-refractivity contribution >= 4 is 6.08 Å². The zero-order valence-electron chi connectivity index (χ0n) is 21.5. The van der Waals surface area contributed by atoms with Gasteiger partial charge >= 0.3 is 0 Å². The maximum Gasteiger partial charge on any atom is 0.122 e. The molecule has 0 saturated carbocycles. The number of rotatable bonds is 8. The lowest BCUT2D eigenvalue weighted by atomic mass is 9.88. The first-order chi connectivity index (χ1) is 17.0. The molecule has 3 nitrogen and oxygen atoms in total. The lowest BCUT2D eigenvalue weighted by Crippen LogP contribution is -2.55. The van der Waals surface area contributed by atoms with E-state index in [9.17, 15) is 0 Å². The molecule has 0 amide bonds. The Hall–Kier alpha value is -2.88. The smallest absolute Gasteiger partial charge is 0.122 e. The Bertz CT molecular complexity index is 1230. The van der Waals surface area contributed by atoms with Gasteiger partial charge in [-0.2, -0.15) is 0 Å². The molecule has 2 aliphatic rings. The summed E-state index contributed by atoms with van der Waals surface area (Å²) in [7, 11) is 0. The fraction of sp³-hybridized carbons (Fsp3) is 0.375. The van der Waals surface area contributed by atoms with Crippen molar-refractivity contribution in [1.82, 2.24) is 10.2 Å². The quantitative estimate of drug-likeness (QED) is 0.367. The highest BCUT2D eigenvalue weighted by molar-refractivity contribution is 5.87. The van der Waals surface area contributed by atoms with E-state index in [1.165, 1.54) is 57.5 Å². The van der Waals surface area contributed by atoms with Gasteiger partial charge < -0.3 is 10.1 Å². The number of likely N-dealkylation sites (tertiary alicyclic amines) is 1. The van der Waals surface area contributed by atoms with E-state index in [1.807, 2.05) is 6.08 Å². The minimum Gasteiger partial charge on any atom is -0.493 e. The highest BCUT2D eigenvalue weighted by atomic mass is 16.5. The number of ether oxygens (including phenoxy) is 1. The number of hydrogen-bond donors (Lipinski definition) is 1. The third kappa shape index (κ3) is 4.80. The largest absolute Gasteiger partial charge is 0.493 e. The van der Waals surface area contributed by atoms with Crippen molar-refractivity contribution in [2.24, 2.45) is 0 Å². The fourth-order valence-corrected chi connectivity index (χ4v) is 5.55. The van der Waals surface area contributed by atoms with Crippen molar-refractivity contribution in [1.29, 1.82) is 0 Å². The van der Waals surface area contributed by atoms with Crippen molar-refractivity contribution in [2.75, 3.05) is 26.2 Å². The normalized spacial score (nSPS) is 16.9. The van der Waals surface area contributed by atoms with Crippen LogP contribution in [-0.4, -0.2) is 36.7 Å². The summed E-state index contributed by atoms with van der Waals surface area (Å²) in [5.41, 5.74) is 10.5. The maximum absolute atomic E-state index is 6.28. The summed E-state index contributed by atoms with van der Waals surface area (Å²) in [5.74, 6) is 0.979. The Morgan fingerprint density at radius 1 is 1.03 bits per heavy atom. The van der Waals surface area contributed by atoms with Crippen molar-refractivity contribution in [3.63, 3.8) is 0 Å². The second kappa shape index (κ2) is 10.0. The molecular formula is C32H38N2O. The number of benzene rings is 3. The first kappa shape index (κ1) is 23.8. The van der Waals surface area contributed by atoms with Crippen molar-refractivity contribution < 1.29 is 4.74 Å². The first-order valence-electron chi connectivity index (χ1n) is 13.0. The van der Waals surface area contributed by atoms with Crippen LogP contribution in [0, 0.1) is 6.92 Å². The Morgan fingerprint density at radius 3 is 2.60 bits per heavy atom. The van der Waals surface area contributed by atoms with Crippen LogP contribution in [0.25, 0.3) is 28.3 Å². The second-order valence-corrected chi connectivity index (χ2v) is 10.6. The van der Waals surface area contributed by atoms with Crippen LogP contribution >= 0.6 is 0 Å². The van der Waals surface area contributed by atoms with Crippen molar-refractivity contribution in [3.8, 4) is 28.0 Å². The van der Waals surface area contributed by atoms with Gasteiger partial charge in [0.1, 0.15) is 5.75 Å². The zero-order valence-corrected chi connectivity index (χ0v) is 21.5. The predicted octanol–water partition coefficient (Wildman–Crippen LogP) is 6.87. The van der Waals surface area contributed by atoms with E-state index in [0.29, 0.717) is 5.54 Å². The molecule has 35 heavy (non-hydrogen) atoms. The van der Waals surface area contributed by atoms with E-state index in [1.54, 1.807) is 0 Å². The van der Waals surface area contributed by atoms with Gasteiger partial charge in [-0.05, 0) is 97.2 Å². The molecule has 2 heterocycles. The van der Waals surface area contributed by atoms with Gasteiger partial charge in [0.15, 0.2) is 0 Å². The molecule has 3 aromatic rings. The molecule has 5 rings (SSSR count). The molecule has 3 aromatic carbocycles. The molecule has 2 aliphatic heterocycles. The van der Waals surface area contributed by atoms with E-state index in [0.717, 1.165) is 44.8 Å². The minimum absolute atomic E-state index is 0.358. The molecule has 0 spiro atoms. The fourth-order valence-electron chi connectivity index (χ4n) is 5.55. The molecule has 1 N–H and O–H groups in total. The third-order valence-electron chi connectivity index (χ3n) is 7.97. The maximum atomic E-state index is 6.28. The van der Waals surface area contributed by atoms with Gasteiger partial charge in [0.25, 0.3) is 0 Å². The molecule has 0 aliphatic carbocycles. The van der Waals surface area contributed by atoms with Gasteiger partial charge in [0.2, 0.25) is 0 Å². The molecule has 182 valence electrons. The van der Waals surface area contributed by atoms with Gasteiger partial charge in [-0.3, -0.25) is 4.90 Å². The first-order valence-corrected chi connectivity index (χ1v) is 13.0. The van der Waals surface area contributed by atoms with E-state index < -0.39 is 0 Å². The highest BCUT2D eigenvalue weighted by Gasteiger charge is 2.34. The predicted molar refractivity (Wildman–Crippen MR) is 148 cm³/mol. The average molecular weight is 467 g/mol. The van der Waals surface area contributed by atoms with Gasteiger partial charge in [0, 0.05) is 25.2 Å². The molecule has 3 heteroatoms. The van der Waals surface area contributed by atoms with Gasteiger partial charge in [0.05, 0.1) is 6.61 Å². The lowest BCUT2D eigenvalue weighted by molar-refractivity contribution is 0.0123. The van der Waals surface area contributed by atoms with Crippen LogP contribution < -0.4 is 10.1 Å². The van der Waals surface area contributed by atoms with Crippen LogP contribution in [0.1, 0.15) is 48.9 Å². The van der Waals surface area contributed by atoms with Gasteiger partial charge in [-0.1, -0.05) is 61.2 Å². The van der Waals surface area contributed by atoms with Crippen LogP contribution in [0.5, 0.6) is 5.75 Å². The molecule has 0 unspecified atom stereocenters. The lowest BCUT2D eigenvalue weighted by Gasteiger charge is -2.48. The van der Waals surface area contributed by atoms with Gasteiger partial charge in [-0.25, -0.2) is 0 Å². The minimum atomic E-state index is 0.358. The molecule has 1 saturated heterocycles. The summed E-state index contributed by atoms with van der Waals surface area (Å²) >= 11 is 0. The summed E-state index contributed by atoms with van der Waals surface area (Å²) in [6, 6.07) is 19.9. The van der Waals surface area contributed by atoms with E-state index in [4.69, 9.17) is 4.74 Å². The number of hydrogen-bond acceptors (Lipinski definition) is 3. The Balaban J connectivity index is 1.39. The summed E-state index contributed by atoms with van der Waals surface area (Å²) in [6.45, 7) is 16.1. The van der Waals surface area contributed by atoms with E-state index >= 15 is 0 Å². The Kier molecular flexibility index (Phi) is 6.82. The summed E-state index contributed by atoms with van der Waals surface area (Å²) in [5, 5.41) is 3.47. The van der Waals surface area contributed by atoms with Crippen LogP contribution in [0.4, 0.5) is 0 Å². The van der Waals surface area contributed by atoms with Crippen LogP contribution in [0.2, 0.25) is 0 Å². The molecular weight excluding hydrogens is 428 g/mol. The standard InChI is InChI=1S/C32H38N2O/c1-5-27-29(25-13-14-26-22-33-17-15-24(26)21-25)10-6-11-30(27)28-9-7-12-31(23(28)2)35-20-8-18-34-19-16-32(34,3)4/h5-7,9-14,21,33H,1,8,15-20,22H2,2-4H3. The van der Waals surface area contributed by atoms with Crippen molar-refractivity contribution in [3.05, 3.63) is 83.4 Å². The van der Waals surface area contributed by atoms with Crippen LogP contribution in [-0.2, 0) is 13.0 Å². The van der Waals surface area contributed by atoms with Crippen LogP contribution in [0.3, 0.4) is 0 Å². The Labute approximate surface area is 210 Å². The van der Waals surface area contributed by atoms with E-state index in [-0.39, 0.29) is 0 Å². The zero-order chi connectivity index (χ0) is 24.4. The van der Waals surface area contributed by atoms with Crippen molar-refractivity contribution in [2.45, 2.75) is 52.1 Å². The SMILES string of the molecule is C=Cc1c(-c2ccc3c(c2)CCNC3)cccc1-c1cccc(OCCCN2CCC2(C)C)c1C. The van der Waals surface area contributed by atoms with E-state index in [2.05, 4.69) is 92.2 Å². The molecule has 1 fully saturated rings. The highest BCUT2D eigenvalue weighted by Crippen LogP contribution is 2.38. The summed E-state index contributed by atoms with van der Waals surface area (Å²) in [4.78, 5) is 2.55. The topological polar surface area (TPSA) is 24.5 Å². The monoisotopic (exact) mass is 466 g/mol. The van der Waals surface area contributed by atoms with Crippen LogP contribution in [0.15, 0.2) is 61.2 Å². The molecule has 0 aromatic heterocycles. The second-order valence-electron chi connectivity index (χ2n) is 10.6. The number of nitrogens with one attached hydrogen (secondary N) is 1.